The molecule has 70 valence electrons. The summed E-state index contributed by atoms with van der Waals surface area (Å²) in [5.41, 5.74) is 0.699. The third kappa shape index (κ3) is 1.61. The van der Waals surface area contributed by atoms with E-state index in [1.807, 2.05) is 4.90 Å². The molecule has 0 aliphatic carbocycles. The third-order valence-electron chi connectivity index (χ3n) is 2.02. The van der Waals surface area contributed by atoms with Crippen molar-refractivity contribution in [3.8, 4) is 0 Å². The van der Waals surface area contributed by atoms with Gasteiger partial charge in [0.2, 0.25) is 5.95 Å². The highest BCUT2D eigenvalue weighted by molar-refractivity contribution is 5.34. The van der Waals surface area contributed by atoms with Crippen molar-refractivity contribution in [2.24, 2.45) is 0 Å². The minimum absolute atomic E-state index is 0.0388. The summed E-state index contributed by atoms with van der Waals surface area (Å²) in [6.45, 7) is 1.15. The SMILES string of the molecule is OCc1cnc(N2CC(O)C2)nc1. The van der Waals surface area contributed by atoms with E-state index in [-0.39, 0.29) is 12.7 Å². The number of aliphatic hydroxyl groups excluding tert-OH is 2. The molecule has 0 aromatic carbocycles. The van der Waals surface area contributed by atoms with E-state index in [0.717, 1.165) is 0 Å². The Hall–Kier alpha value is -1.20. The Bertz CT molecular complexity index is 282. The van der Waals surface area contributed by atoms with Crippen molar-refractivity contribution in [3.63, 3.8) is 0 Å². The molecular formula is C8H11N3O2. The Balaban J connectivity index is 2.06. The van der Waals surface area contributed by atoms with E-state index in [1.165, 1.54) is 0 Å². The predicted octanol–water partition coefficient (Wildman–Crippen LogP) is -0.850. The van der Waals surface area contributed by atoms with Crippen LogP contribution in [0.4, 0.5) is 5.95 Å². The first-order valence-corrected chi connectivity index (χ1v) is 4.14. The minimum Gasteiger partial charge on any atom is -0.392 e. The fourth-order valence-corrected chi connectivity index (χ4v) is 1.21. The Morgan fingerprint density at radius 1 is 1.38 bits per heavy atom. The lowest BCUT2D eigenvalue weighted by Gasteiger charge is -2.35. The number of anilines is 1. The molecule has 0 atom stereocenters. The molecule has 5 heteroatoms. The standard InChI is InChI=1S/C8H11N3O2/c12-5-6-1-9-8(10-2-6)11-3-7(13)4-11/h1-2,7,12-13H,3-5H2. The normalized spacial score (nSPS) is 17.2. The van der Waals surface area contributed by atoms with Crippen LogP contribution in [0.25, 0.3) is 0 Å². The Kier molecular flexibility index (Phi) is 2.12. The molecule has 0 amide bonds. The first-order valence-electron chi connectivity index (χ1n) is 4.14. The molecule has 0 bridgehead atoms. The van der Waals surface area contributed by atoms with Crippen LogP contribution in [-0.4, -0.2) is 39.4 Å². The van der Waals surface area contributed by atoms with Crippen LogP contribution in [0.2, 0.25) is 0 Å². The Morgan fingerprint density at radius 2 is 2.00 bits per heavy atom. The van der Waals surface area contributed by atoms with E-state index in [4.69, 9.17) is 10.2 Å². The van der Waals surface area contributed by atoms with Gasteiger partial charge in [-0.1, -0.05) is 0 Å². The quantitative estimate of drug-likeness (QED) is 0.622. The maximum Gasteiger partial charge on any atom is 0.225 e. The van der Waals surface area contributed by atoms with Gasteiger partial charge in [-0.05, 0) is 0 Å². The first kappa shape index (κ1) is 8.40. The van der Waals surface area contributed by atoms with Crippen molar-refractivity contribution in [3.05, 3.63) is 18.0 Å². The van der Waals surface area contributed by atoms with Gasteiger partial charge >= 0.3 is 0 Å². The van der Waals surface area contributed by atoms with Gasteiger partial charge in [0.05, 0.1) is 12.7 Å². The van der Waals surface area contributed by atoms with Gasteiger partial charge in [-0.15, -0.1) is 0 Å². The number of rotatable bonds is 2. The largest absolute Gasteiger partial charge is 0.392 e. The zero-order valence-corrected chi connectivity index (χ0v) is 7.09. The fourth-order valence-electron chi connectivity index (χ4n) is 1.21. The molecule has 1 fully saturated rings. The van der Waals surface area contributed by atoms with Crippen molar-refractivity contribution in [1.29, 1.82) is 0 Å². The van der Waals surface area contributed by atoms with Gasteiger partial charge in [-0.2, -0.15) is 0 Å². The molecule has 0 spiro atoms. The molecule has 1 aromatic rings. The lowest BCUT2D eigenvalue weighted by atomic mass is 10.2. The van der Waals surface area contributed by atoms with Crippen LogP contribution in [0.1, 0.15) is 5.56 Å². The minimum atomic E-state index is -0.249. The molecule has 1 aliphatic rings. The van der Waals surface area contributed by atoms with Crippen molar-refractivity contribution >= 4 is 5.95 Å². The van der Waals surface area contributed by atoms with Crippen LogP contribution in [0, 0.1) is 0 Å². The van der Waals surface area contributed by atoms with Crippen LogP contribution in [0.15, 0.2) is 12.4 Å². The van der Waals surface area contributed by atoms with Gasteiger partial charge in [0.15, 0.2) is 0 Å². The van der Waals surface area contributed by atoms with Gasteiger partial charge in [-0.3, -0.25) is 0 Å². The molecule has 13 heavy (non-hydrogen) atoms. The van der Waals surface area contributed by atoms with E-state index in [9.17, 15) is 0 Å². The second-order valence-corrected chi connectivity index (χ2v) is 3.11. The summed E-state index contributed by atoms with van der Waals surface area (Å²) in [5.74, 6) is 0.613. The molecular weight excluding hydrogens is 170 g/mol. The average molecular weight is 181 g/mol. The summed E-state index contributed by atoms with van der Waals surface area (Å²) >= 11 is 0. The number of hydrogen-bond acceptors (Lipinski definition) is 5. The lowest BCUT2D eigenvalue weighted by molar-refractivity contribution is 0.140. The molecule has 0 radical (unpaired) electrons. The molecule has 1 aliphatic heterocycles. The predicted molar refractivity (Wildman–Crippen MR) is 46.2 cm³/mol. The lowest BCUT2D eigenvalue weighted by Crippen LogP contribution is -2.51. The monoisotopic (exact) mass is 181 g/mol. The zero-order chi connectivity index (χ0) is 9.26. The van der Waals surface area contributed by atoms with Crippen molar-refractivity contribution < 1.29 is 10.2 Å². The molecule has 0 unspecified atom stereocenters. The number of hydrogen-bond donors (Lipinski definition) is 2. The number of nitrogens with zero attached hydrogens (tertiary/aromatic N) is 3. The summed E-state index contributed by atoms with van der Waals surface area (Å²) in [4.78, 5) is 9.98. The van der Waals surface area contributed by atoms with E-state index in [2.05, 4.69) is 9.97 Å². The summed E-state index contributed by atoms with van der Waals surface area (Å²) < 4.78 is 0. The summed E-state index contributed by atoms with van der Waals surface area (Å²) in [6.07, 6.45) is 2.93. The second-order valence-electron chi connectivity index (χ2n) is 3.11. The highest BCUT2D eigenvalue weighted by atomic mass is 16.3. The van der Waals surface area contributed by atoms with Crippen LogP contribution >= 0.6 is 0 Å². The number of aromatic nitrogens is 2. The number of aliphatic hydroxyl groups is 2. The van der Waals surface area contributed by atoms with E-state index < -0.39 is 0 Å². The fraction of sp³-hybridized carbons (Fsp3) is 0.500. The molecule has 2 rings (SSSR count). The molecule has 2 heterocycles. The van der Waals surface area contributed by atoms with Gasteiger partial charge < -0.3 is 15.1 Å². The second kappa shape index (κ2) is 3.27. The summed E-state index contributed by atoms with van der Waals surface area (Å²) in [7, 11) is 0. The van der Waals surface area contributed by atoms with Crippen molar-refractivity contribution in [2.75, 3.05) is 18.0 Å². The molecule has 1 aromatic heterocycles. The van der Waals surface area contributed by atoms with Crippen molar-refractivity contribution in [2.45, 2.75) is 12.7 Å². The van der Waals surface area contributed by atoms with Crippen LogP contribution in [-0.2, 0) is 6.61 Å². The topological polar surface area (TPSA) is 69.5 Å². The van der Waals surface area contributed by atoms with Gasteiger partial charge in [0.25, 0.3) is 0 Å². The Morgan fingerprint density at radius 3 is 2.46 bits per heavy atom. The third-order valence-corrected chi connectivity index (χ3v) is 2.02. The Labute approximate surface area is 75.7 Å². The van der Waals surface area contributed by atoms with Gasteiger partial charge in [0.1, 0.15) is 0 Å². The van der Waals surface area contributed by atoms with Gasteiger partial charge in [0, 0.05) is 31.0 Å². The summed E-state index contributed by atoms with van der Waals surface area (Å²) in [6, 6.07) is 0. The van der Waals surface area contributed by atoms with E-state index >= 15 is 0 Å². The maximum absolute atomic E-state index is 9.04. The van der Waals surface area contributed by atoms with Gasteiger partial charge in [-0.25, -0.2) is 9.97 Å². The highest BCUT2D eigenvalue weighted by Crippen LogP contribution is 2.15. The van der Waals surface area contributed by atoms with E-state index in [0.29, 0.717) is 24.6 Å². The smallest absolute Gasteiger partial charge is 0.225 e. The van der Waals surface area contributed by atoms with Crippen LogP contribution in [0.5, 0.6) is 0 Å². The first-order chi connectivity index (χ1) is 6.29. The van der Waals surface area contributed by atoms with Crippen LogP contribution < -0.4 is 4.90 Å². The van der Waals surface area contributed by atoms with E-state index in [1.54, 1.807) is 12.4 Å². The maximum atomic E-state index is 9.04. The average Bonchev–Trinajstić information content (AvgIpc) is 2.13. The van der Waals surface area contributed by atoms with Crippen molar-refractivity contribution in [1.82, 2.24) is 9.97 Å². The molecule has 2 N–H and O–H groups in total. The van der Waals surface area contributed by atoms with Crippen LogP contribution in [0.3, 0.4) is 0 Å². The highest BCUT2D eigenvalue weighted by Gasteiger charge is 2.26. The number of β-amino-alcohol motifs (C(OH)–C–C–N with tert-alkyl or cyclic N) is 1. The molecule has 5 nitrogen and oxygen atoms in total. The molecule has 1 saturated heterocycles. The summed E-state index contributed by atoms with van der Waals surface area (Å²) in [5, 5.41) is 17.8. The molecule has 0 saturated carbocycles. The zero-order valence-electron chi connectivity index (χ0n) is 7.09.